The van der Waals surface area contributed by atoms with Gasteiger partial charge in [0.15, 0.2) is 0 Å². The molecule has 6 heteroatoms. The molecule has 0 spiro atoms. The van der Waals surface area contributed by atoms with E-state index in [1.54, 1.807) is 25.3 Å². The van der Waals surface area contributed by atoms with E-state index in [4.69, 9.17) is 9.47 Å². The second-order valence-corrected chi connectivity index (χ2v) is 5.40. The number of carbonyl (C=O) groups is 1. The third-order valence-electron chi connectivity index (χ3n) is 3.81. The Labute approximate surface area is 140 Å². The molecule has 0 saturated carbocycles. The maximum absolute atomic E-state index is 12.4. The highest BCUT2D eigenvalue weighted by Gasteiger charge is 2.14. The van der Waals surface area contributed by atoms with Crippen LogP contribution < -0.4 is 14.8 Å². The minimum atomic E-state index is -0.219. The topological polar surface area (TPSA) is 64.9 Å². The Morgan fingerprint density at radius 2 is 2.08 bits per heavy atom. The van der Waals surface area contributed by atoms with Crippen LogP contribution in [0.2, 0.25) is 0 Å². The van der Waals surface area contributed by atoms with Crippen LogP contribution in [-0.2, 0) is 6.54 Å². The minimum absolute atomic E-state index is 0.219. The summed E-state index contributed by atoms with van der Waals surface area (Å²) >= 11 is 0. The van der Waals surface area contributed by atoms with Crippen molar-refractivity contribution in [3.8, 4) is 11.5 Å². The standard InChI is InChI=1S/C18H19N3O3/c1-12-5-4-8-21-11-13(20-17(12)21)10-19-18(22)15-7-6-14(23-2)9-16(15)24-3/h4-9,11H,10H2,1-3H3,(H,19,22). The molecule has 0 aliphatic carbocycles. The van der Waals surface area contributed by atoms with E-state index in [0.717, 1.165) is 16.9 Å². The number of methoxy groups -OCH3 is 2. The highest BCUT2D eigenvalue weighted by molar-refractivity contribution is 5.97. The molecule has 3 rings (SSSR count). The fourth-order valence-electron chi connectivity index (χ4n) is 2.54. The number of carbonyl (C=O) groups excluding carboxylic acids is 1. The van der Waals surface area contributed by atoms with Crippen molar-refractivity contribution in [1.29, 1.82) is 0 Å². The molecule has 0 unspecified atom stereocenters. The van der Waals surface area contributed by atoms with E-state index >= 15 is 0 Å². The zero-order valence-electron chi connectivity index (χ0n) is 13.9. The number of fused-ring (bicyclic) bond motifs is 1. The predicted octanol–water partition coefficient (Wildman–Crippen LogP) is 2.59. The van der Waals surface area contributed by atoms with Crippen LogP contribution in [0.25, 0.3) is 5.65 Å². The van der Waals surface area contributed by atoms with E-state index < -0.39 is 0 Å². The Kier molecular flexibility index (Phi) is 4.37. The van der Waals surface area contributed by atoms with E-state index in [1.807, 2.05) is 35.9 Å². The molecular formula is C18H19N3O3. The molecule has 6 nitrogen and oxygen atoms in total. The molecule has 0 fully saturated rings. The predicted molar refractivity (Wildman–Crippen MR) is 90.6 cm³/mol. The Morgan fingerprint density at radius 1 is 1.25 bits per heavy atom. The summed E-state index contributed by atoms with van der Waals surface area (Å²) in [6.45, 7) is 2.35. The summed E-state index contributed by atoms with van der Waals surface area (Å²) in [4.78, 5) is 17.0. The normalized spacial score (nSPS) is 10.6. The molecule has 2 heterocycles. The zero-order valence-corrected chi connectivity index (χ0v) is 13.9. The Balaban J connectivity index is 1.76. The maximum Gasteiger partial charge on any atom is 0.255 e. The summed E-state index contributed by atoms with van der Waals surface area (Å²) in [6, 6.07) is 9.07. The van der Waals surface area contributed by atoms with E-state index in [9.17, 15) is 4.79 Å². The van der Waals surface area contributed by atoms with Crippen molar-refractivity contribution in [2.24, 2.45) is 0 Å². The van der Waals surface area contributed by atoms with E-state index in [0.29, 0.717) is 23.6 Å². The van der Waals surface area contributed by atoms with Gasteiger partial charge in [0.05, 0.1) is 32.0 Å². The van der Waals surface area contributed by atoms with Crippen LogP contribution in [0.15, 0.2) is 42.7 Å². The first-order valence-electron chi connectivity index (χ1n) is 7.56. The molecule has 3 aromatic rings. The maximum atomic E-state index is 12.4. The first-order chi connectivity index (χ1) is 11.6. The van der Waals surface area contributed by atoms with Gasteiger partial charge < -0.3 is 19.2 Å². The van der Waals surface area contributed by atoms with Crippen molar-refractivity contribution in [3.05, 3.63) is 59.5 Å². The highest BCUT2D eigenvalue weighted by Crippen LogP contribution is 2.24. The molecule has 1 N–H and O–H groups in total. The molecule has 0 bridgehead atoms. The number of pyridine rings is 1. The Hall–Kier alpha value is -3.02. The zero-order chi connectivity index (χ0) is 17.1. The third-order valence-corrected chi connectivity index (χ3v) is 3.81. The lowest BCUT2D eigenvalue weighted by Gasteiger charge is -2.10. The molecule has 2 aromatic heterocycles. The van der Waals surface area contributed by atoms with E-state index in [1.165, 1.54) is 7.11 Å². The average molecular weight is 325 g/mol. The van der Waals surface area contributed by atoms with Crippen molar-refractivity contribution in [2.75, 3.05) is 14.2 Å². The molecule has 0 saturated heterocycles. The number of aryl methyl sites for hydroxylation is 1. The summed E-state index contributed by atoms with van der Waals surface area (Å²) in [5.41, 5.74) is 3.24. The van der Waals surface area contributed by atoms with Gasteiger partial charge in [-0.1, -0.05) is 6.07 Å². The van der Waals surface area contributed by atoms with Gasteiger partial charge in [-0.15, -0.1) is 0 Å². The smallest absolute Gasteiger partial charge is 0.255 e. The quantitative estimate of drug-likeness (QED) is 0.783. The van der Waals surface area contributed by atoms with Crippen LogP contribution in [0, 0.1) is 6.92 Å². The molecule has 0 atom stereocenters. The number of hydrogen-bond acceptors (Lipinski definition) is 4. The lowest BCUT2D eigenvalue weighted by Crippen LogP contribution is -2.23. The second-order valence-electron chi connectivity index (χ2n) is 5.40. The summed E-state index contributed by atoms with van der Waals surface area (Å²) in [5, 5.41) is 2.87. The first kappa shape index (κ1) is 15.9. The molecular weight excluding hydrogens is 306 g/mol. The van der Waals surface area contributed by atoms with Gasteiger partial charge in [0, 0.05) is 18.5 Å². The van der Waals surface area contributed by atoms with Gasteiger partial charge in [0.1, 0.15) is 17.1 Å². The number of ether oxygens (including phenoxy) is 2. The molecule has 1 amide bonds. The molecule has 0 radical (unpaired) electrons. The molecule has 0 aliphatic rings. The van der Waals surface area contributed by atoms with Crippen LogP contribution in [0.1, 0.15) is 21.6 Å². The van der Waals surface area contributed by atoms with Gasteiger partial charge in [0.2, 0.25) is 0 Å². The fourth-order valence-corrected chi connectivity index (χ4v) is 2.54. The number of nitrogens with one attached hydrogen (secondary N) is 1. The van der Waals surface area contributed by atoms with Crippen LogP contribution in [0.5, 0.6) is 11.5 Å². The van der Waals surface area contributed by atoms with Crippen LogP contribution in [-0.4, -0.2) is 29.5 Å². The first-order valence-corrected chi connectivity index (χ1v) is 7.56. The third kappa shape index (κ3) is 3.03. The lowest BCUT2D eigenvalue weighted by atomic mass is 10.1. The van der Waals surface area contributed by atoms with Gasteiger partial charge in [0.25, 0.3) is 5.91 Å². The fraction of sp³-hybridized carbons (Fsp3) is 0.222. The molecule has 124 valence electrons. The molecule has 24 heavy (non-hydrogen) atoms. The van der Waals surface area contributed by atoms with Crippen LogP contribution in [0.3, 0.4) is 0 Å². The number of imidazole rings is 1. The van der Waals surface area contributed by atoms with Gasteiger partial charge in [-0.3, -0.25) is 4.79 Å². The minimum Gasteiger partial charge on any atom is -0.497 e. The van der Waals surface area contributed by atoms with Gasteiger partial charge >= 0.3 is 0 Å². The highest BCUT2D eigenvalue weighted by atomic mass is 16.5. The second kappa shape index (κ2) is 6.62. The SMILES string of the molecule is COc1ccc(C(=O)NCc2cn3cccc(C)c3n2)c(OC)c1. The van der Waals surface area contributed by atoms with E-state index in [2.05, 4.69) is 10.3 Å². The summed E-state index contributed by atoms with van der Waals surface area (Å²) in [6.07, 6.45) is 3.85. The number of benzene rings is 1. The van der Waals surface area contributed by atoms with Crippen LogP contribution in [0.4, 0.5) is 0 Å². The summed E-state index contributed by atoms with van der Waals surface area (Å²) in [7, 11) is 3.09. The monoisotopic (exact) mass is 325 g/mol. The average Bonchev–Trinajstić information content (AvgIpc) is 3.03. The van der Waals surface area contributed by atoms with Crippen LogP contribution >= 0.6 is 0 Å². The number of nitrogens with zero attached hydrogens (tertiary/aromatic N) is 2. The van der Waals surface area contributed by atoms with Crippen molar-refractivity contribution in [2.45, 2.75) is 13.5 Å². The molecule has 1 aromatic carbocycles. The largest absolute Gasteiger partial charge is 0.497 e. The molecule has 0 aliphatic heterocycles. The lowest BCUT2D eigenvalue weighted by molar-refractivity contribution is 0.0947. The number of rotatable bonds is 5. The summed E-state index contributed by atoms with van der Waals surface area (Å²) in [5.74, 6) is 0.889. The number of aromatic nitrogens is 2. The summed E-state index contributed by atoms with van der Waals surface area (Å²) < 4.78 is 12.4. The van der Waals surface area contributed by atoms with Crippen molar-refractivity contribution in [1.82, 2.24) is 14.7 Å². The van der Waals surface area contributed by atoms with Gasteiger partial charge in [-0.2, -0.15) is 0 Å². The Morgan fingerprint density at radius 3 is 2.79 bits per heavy atom. The number of amides is 1. The van der Waals surface area contributed by atoms with Crippen molar-refractivity contribution >= 4 is 11.6 Å². The number of hydrogen-bond donors (Lipinski definition) is 1. The van der Waals surface area contributed by atoms with Gasteiger partial charge in [-0.25, -0.2) is 4.98 Å². The van der Waals surface area contributed by atoms with Gasteiger partial charge in [-0.05, 0) is 30.7 Å². The van der Waals surface area contributed by atoms with E-state index in [-0.39, 0.29) is 5.91 Å². The Bertz CT molecular complexity index is 886. The van der Waals surface area contributed by atoms with Crippen molar-refractivity contribution in [3.63, 3.8) is 0 Å². The van der Waals surface area contributed by atoms with Crippen molar-refractivity contribution < 1.29 is 14.3 Å².